The number of aromatic nitrogens is 4. The SMILES string of the molecule is COC[C@H](C)Nc1ncc2c(-c3cncc(F)c3)cc(C3CCC(O)CC3)n2n1. The number of pyridine rings is 1. The molecule has 3 heterocycles. The lowest BCUT2D eigenvalue weighted by Crippen LogP contribution is -2.23. The molecule has 0 unspecified atom stereocenters. The molecule has 2 N–H and O–H groups in total. The Balaban J connectivity index is 1.78. The third-order valence-electron chi connectivity index (χ3n) is 5.47. The topological polar surface area (TPSA) is 84.6 Å². The molecule has 0 saturated heterocycles. The van der Waals surface area contributed by atoms with E-state index in [4.69, 9.17) is 9.84 Å². The Bertz CT molecular complexity index is 984. The van der Waals surface area contributed by atoms with Crippen molar-refractivity contribution < 1.29 is 14.2 Å². The number of ether oxygens (including phenoxy) is 1. The first-order valence-electron chi connectivity index (χ1n) is 9.98. The summed E-state index contributed by atoms with van der Waals surface area (Å²) >= 11 is 0. The minimum absolute atomic E-state index is 0.0631. The second-order valence-electron chi connectivity index (χ2n) is 7.76. The fourth-order valence-corrected chi connectivity index (χ4v) is 4.05. The summed E-state index contributed by atoms with van der Waals surface area (Å²) in [6.07, 6.45) is 7.70. The molecule has 0 amide bonds. The Morgan fingerprint density at radius 2 is 2.03 bits per heavy atom. The maximum absolute atomic E-state index is 13.8. The third-order valence-corrected chi connectivity index (χ3v) is 5.47. The molecule has 1 aliphatic carbocycles. The van der Waals surface area contributed by atoms with Gasteiger partial charge in [-0.25, -0.2) is 13.9 Å². The highest BCUT2D eigenvalue weighted by atomic mass is 19.1. The van der Waals surface area contributed by atoms with Gasteiger partial charge in [0.05, 0.1) is 30.6 Å². The van der Waals surface area contributed by atoms with Crippen LogP contribution >= 0.6 is 0 Å². The van der Waals surface area contributed by atoms with Crippen LogP contribution < -0.4 is 5.32 Å². The summed E-state index contributed by atoms with van der Waals surface area (Å²) in [5, 5.41) is 17.9. The first-order valence-corrected chi connectivity index (χ1v) is 9.98. The van der Waals surface area contributed by atoms with Gasteiger partial charge in [0.2, 0.25) is 5.95 Å². The summed E-state index contributed by atoms with van der Waals surface area (Å²) in [6.45, 7) is 2.54. The van der Waals surface area contributed by atoms with Crippen molar-refractivity contribution in [3.8, 4) is 11.1 Å². The van der Waals surface area contributed by atoms with Crippen LogP contribution in [0.1, 0.15) is 44.2 Å². The van der Waals surface area contributed by atoms with E-state index in [0.29, 0.717) is 18.1 Å². The number of aliphatic hydroxyl groups is 1. The minimum Gasteiger partial charge on any atom is -0.393 e. The molecule has 0 bridgehead atoms. The summed E-state index contributed by atoms with van der Waals surface area (Å²) in [7, 11) is 1.66. The van der Waals surface area contributed by atoms with Gasteiger partial charge < -0.3 is 15.2 Å². The van der Waals surface area contributed by atoms with Crippen LogP contribution in [0.5, 0.6) is 0 Å². The van der Waals surface area contributed by atoms with Gasteiger partial charge in [-0.3, -0.25) is 4.98 Å². The van der Waals surface area contributed by atoms with Gasteiger partial charge in [-0.15, -0.1) is 5.10 Å². The van der Waals surface area contributed by atoms with Crippen LogP contribution in [0.4, 0.5) is 10.3 Å². The number of fused-ring (bicyclic) bond motifs is 1. The first-order chi connectivity index (χ1) is 14.0. The summed E-state index contributed by atoms with van der Waals surface area (Å²) in [5.41, 5.74) is 3.41. The van der Waals surface area contributed by atoms with Crippen molar-refractivity contribution in [1.29, 1.82) is 0 Å². The zero-order chi connectivity index (χ0) is 20.4. The van der Waals surface area contributed by atoms with Crippen LogP contribution in [0.25, 0.3) is 16.6 Å². The highest BCUT2D eigenvalue weighted by molar-refractivity contribution is 5.81. The van der Waals surface area contributed by atoms with E-state index >= 15 is 0 Å². The van der Waals surface area contributed by atoms with Gasteiger partial charge in [-0.1, -0.05) is 0 Å². The van der Waals surface area contributed by atoms with Gasteiger partial charge >= 0.3 is 0 Å². The molecule has 3 aromatic rings. The molecular weight excluding hydrogens is 373 g/mol. The molecular formula is C21H26FN5O2. The normalized spacial score (nSPS) is 20.7. The van der Waals surface area contributed by atoms with Crippen molar-refractivity contribution in [2.75, 3.05) is 19.0 Å². The number of anilines is 1. The summed E-state index contributed by atoms with van der Waals surface area (Å²) in [5.74, 6) is 0.413. The molecule has 1 aliphatic rings. The zero-order valence-corrected chi connectivity index (χ0v) is 16.7. The van der Waals surface area contributed by atoms with E-state index in [0.717, 1.165) is 42.5 Å². The predicted octanol–water partition coefficient (Wildman–Crippen LogP) is 3.40. The molecule has 1 saturated carbocycles. The highest BCUT2D eigenvalue weighted by Crippen LogP contribution is 2.37. The van der Waals surface area contributed by atoms with Crippen molar-refractivity contribution in [1.82, 2.24) is 19.6 Å². The van der Waals surface area contributed by atoms with E-state index in [1.807, 2.05) is 11.4 Å². The highest BCUT2D eigenvalue weighted by Gasteiger charge is 2.25. The number of nitrogens with one attached hydrogen (secondary N) is 1. The molecule has 154 valence electrons. The number of aliphatic hydroxyl groups excluding tert-OH is 1. The van der Waals surface area contributed by atoms with Gasteiger partial charge in [0.1, 0.15) is 5.82 Å². The van der Waals surface area contributed by atoms with E-state index in [2.05, 4.69) is 21.4 Å². The maximum atomic E-state index is 13.8. The van der Waals surface area contributed by atoms with Gasteiger partial charge in [0.15, 0.2) is 0 Å². The van der Waals surface area contributed by atoms with Gasteiger partial charge in [-0.2, -0.15) is 0 Å². The van der Waals surface area contributed by atoms with E-state index in [9.17, 15) is 9.50 Å². The molecule has 4 rings (SSSR count). The average molecular weight is 399 g/mol. The number of halogens is 1. The molecule has 0 radical (unpaired) electrons. The van der Waals surface area contributed by atoms with Gasteiger partial charge in [0, 0.05) is 42.1 Å². The van der Waals surface area contributed by atoms with Crippen LogP contribution in [0.2, 0.25) is 0 Å². The Kier molecular flexibility index (Phi) is 5.73. The molecule has 0 aliphatic heterocycles. The van der Waals surface area contributed by atoms with Crippen molar-refractivity contribution in [3.05, 3.63) is 42.2 Å². The first kappa shape index (κ1) is 19.7. The fourth-order valence-electron chi connectivity index (χ4n) is 4.05. The van der Waals surface area contributed by atoms with E-state index in [-0.39, 0.29) is 23.9 Å². The van der Waals surface area contributed by atoms with Crippen LogP contribution in [0.3, 0.4) is 0 Å². The minimum atomic E-state index is -0.378. The van der Waals surface area contributed by atoms with Crippen molar-refractivity contribution in [3.63, 3.8) is 0 Å². The second-order valence-corrected chi connectivity index (χ2v) is 7.76. The van der Waals surface area contributed by atoms with Crippen LogP contribution in [-0.2, 0) is 4.74 Å². The van der Waals surface area contributed by atoms with E-state index in [1.54, 1.807) is 19.5 Å². The molecule has 1 atom stereocenters. The number of rotatable bonds is 6. The largest absolute Gasteiger partial charge is 0.393 e. The Hall–Kier alpha value is -2.58. The zero-order valence-electron chi connectivity index (χ0n) is 16.7. The number of methoxy groups -OCH3 is 1. The molecule has 7 nitrogen and oxygen atoms in total. The van der Waals surface area contributed by atoms with Crippen LogP contribution in [0, 0.1) is 5.82 Å². The number of nitrogens with zero attached hydrogens (tertiary/aromatic N) is 4. The van der Waals surface area contributed by atoms with Gasteiger partial charge in [0.25, 0.3) is 0 Å². The van der Waals surface area contributed by atoms with E-state index in [1.165, 1.54) is 12.3 Å². The third kappa shape index (κ3) is 4.23. The van der Waals surface area contributed by atoms with Crippen molar-refractivity contribution >= 4 is 11.5 Å². The van der Waals surface area contributed by atoms with Crippen molar-refractivity contribution in [2.45, 2.75) is 50.7 Å². The monoisotopic (exact) mass is 399 g/mol. The summed E-state index contributed by atoms with van der Waals surface area (Å²) in [6, 6.07) is 3.60. The molecule has 0 aromatic carbocycles. The molecule has 3 aromatic heterocycles. The van der Waals surface area contributed by atoms with Crippen LogP contribution in [0.15, 0.2) is 30.7 Å². The quantitative estimate of drug-likeness (QED) is 0.661. The van der Waals surface area contributed by atoms with Crippen LogP contribution in [-0.4, -0.2) is 50.6 Å². The summed E-state index contributed by atoms with van der Waals surface area (Å²) < 4.78 is 20.9. The van der Waals surface area contributed by atoms with Crippen molar-refractivity contribution in [2.24, 2.45) is 0 Å². The average Bonchev–Trinajstić information content (AvgIpc) is 3.08. The number of hydrogen-bond donors (Lipinski definition) is 2. The molecule has 8 heteroatoms. The van der Waals surface area contributed by atoms with E-state index < -0.39 is 0 Å². The molecule has 1 fully saturated rings. The smallest absolute Gasteiger partial charge is 0.241 e. The fraction of sp³-hybridized carbons (Fsp3) is 0.476. The lowest BCUT2D eigenvalue weighted by Gasteiger charge is -2.25. The lowest BCUT2D eigenvalue weighted by molar-refractivity contribution is 0.121. The Morgan fingerprint density at radius 3 is 2.76 bits per heavy atom. The molecule has 29 heavy (non-hydrogen) atoms. The molecule has 0 spiro atoms. The predicted molar refractivity (Wildman–Crippen MR) is 108 cm³/mol. The number of hydrogen-bond acceptors (Lipinski definition) is 6. The Morgan fingerprint density at radius 1 is 1.24 bits per heavy atom. The standard InChI is InChI=1S/C21H26FN5O2/c1-13(12-29-2)25-21-24-11-20-18(15-7-16(22)10-23-9-15)8-19(27(20)26-21)14-3-5-17(28)6-4-14/h7-11,13-14,17,28H,3-6,12H2,1-2H3,(H,25,26)/t13-,14?,17?/m0/s1. The Labute approximate surface area is 169 Å². The lowest BCUT2D eigenvalue weighted by atomic mass is 9.85. The summed E-state index contributed by atoms with van der Waals surface area (Å²) in [4.78, 5) is 8.45. The second kappa shape index (κ2) is 8.42. The van der Waals surface area contributed by atoms with Gasteiger partial charge in [-0.05, 0) is 44.7 Å². The maximum Gasteiger partial charge on any atom is 0.241 e.